The molecular weight excluding hydrogens is 256 g/mol. The summed E-state index contributed by atoms with van der Waals surface area (Å²) in [5.74, 6) is 0.949. The molecule has 1 atom stereocenters. The van der Waals surface area contributed by atoms with Gasteiger partial charge in [0.05, 0.1) is 0 Å². The van der Waals surface area contributed by atoms with E-state index in [-0.39, 0.29) is 0 Å². The smallest absolute Gasteiger partial charge is 0.137 e. The number of aromatic amines is 1. The fraction of sp³-hybridized carbons (Fsp3) is 0.571. The molecule has 0 radical (unpaired) electrons. The monoisotopic (exact) mass is 276 g/mol. The molecule has 0 spiro atoms. The third-order valence-electron chi connectivity index (χ3n) is 3.72. The summed E-state index contributed by atoms with van der Waals surface area (Å²) in [6.45, 7) is 3.18. The van der Waals surface area contributed by atoms with E-state index >= 15 is 0 Å². The van der Waals surface area contributed by atoms with Gasteiger partial charge in [-0.15, -0.1) is 11.3 Å². The first kappa shape index (κ1) is 12.8. The van der Waals surface area contributed by atoms with E-state index in [2.05, 4.69) is 33.5 Å². The van der Waals surface area contributed by atoms with Crippen LogP contribution in [0.3, 0.4) is 0 Å². The summed E-state index contributed by atoms with van der Waals surface area (Å²) >= 11 is 1.99. The molecule has 0 aromatic carbocycles. The molecular formula is C14H20N4S. The summed E-state index contributed by atoms with van der Waals surface area (Å²) in [5.41, 5.74) is 1.59. The molecule has 19 heavy (non-hydrogen) atoms. The van der Waals surface area contributed by atoms with Gasteiger partial charge in [0.2, 0.25) is 0 Å². The molecule has 1 aliphatic carbocycles. The predicted molar refractivity (Wildman–Crippen MR) is 77.5 cm³/mol. The Balaban J connectivity index is 1.54. The molecule has 102 valence electrons. The molecule has 2 heterocycles. The maximum atomic E-state index is 4.13. The zero-order valence-electron chi connectivity index (χ0n) is 11.3. The highest BCUT2D eigenvalue weighted by Crippen LogP contribution is 2.32. The van der Waals surface area contributed by atoms with Gasteiger partial charge in [0, 0.05) is 28.8 Å². The van der Waals surface area contributed by atoms with Crippen LogP contribution < -0.4 is 5.32 Å². The largest absolute Gasteiger partial charge is 0.309 e. The Kier molecular flexibility index (Phi) is 3.94. The van der Waals surface area contributed by atoms with Crippen LogP contribution in [0.15, 0.2) is 12.4 Å². The summed E-state index contributed by atoms with van der Waals surface area (Å²) < 4.78 is 0. The zero-order chi connectivity index (χ0) is 13.1. The predicted octanol–water partition coefficient (Wildman–Crippen LogP) is 2.64. The van der Waals surface area contributed by atoms with Crippen molar-refractivity contribution in [3.63, 3.8) is 0 Å². The summed E-state index contributed by atoms with van der Waals surface area (Å²) in [5, 5.41) is 10.3. The normalized spacial score (nSPS) is 16.3. The molecule has 0 saturated carbocycles. The van der Waals surface area contributed by atoms with Gasteiger partial charge in [-0.25, -0.2) is 4.98 Å². The van der Waals surface area contributed by atoms with Crippen molar-refractivity contribution in [3.05, 3.63) is 33.5 Å². The Labute approximate surface area is 117 Å². The van der Waals surface area contributed by atoms with Crippen LogP contribution in [0.4, 0.5) is 0 Å². The molecule has 5 heteroatoms. The van der Waals surface area contributed by atoms with E-state index in [0.29, 0.717) is 6.04 Å². The molecule has 0 fully saturated rings. The number of hydrogen-bond donors (Lipinski definition) is 2. The maximum Gasteiger partial charge on any atom is 0.137 e. The van der Waals surface area contributed by atoms with Crippen molar-refractivity contribution in [2.24, 2.45) is 0 Å². The molecule has 2 aromatic rings. The lowest BCUT2D eigenvalue weighted by atomic mass is 9.99. The lowest BCUT2D eigenvalue weighted by molar-refractivity contribution is 0.577. The maximum absolute atomic E-state index is 4.13. The van der Waals surface area contributed by atoms with E-state index in [9.17, 15) is 0 Å². The van der Waals surface area contributed by atoms with E-state index in [1.165, 1.54) is 30.6 Å². The Bertz CT molecular complexity index is 494. The van der Waals surface area contributed by atoms with Crippen LogP contribution in [0.5, 0.6) is 0 Å². The van der Waals surface area contributed by atoms with Crippen molar-refractivity contribution in [1.82, 2.24) is 20.5 Å². The van der Waals surface area contributed by atoms with Crippen molar-refractivity contribution in [3.8, 4) is 0 Å². The zero-order valence-corrected chi connectivity index (χ0v) is 12.1. The SMILES string of the molecule is CC(NCCc1ncn[nH]1)c1cc2c(s1)CCCC2. The number of nitrogens with one attached hydrogen (secondary N) is 2. The topological polar surface area (TPSA) is 53.6 Å². The lowest BCUT2D eigenvalue weighted by Crippen LogP contribution is -2.21. The number of rotatable bonds is 5. The highest BCUT2D eigenvalue weighted by molar-refractivity contribution is 7.12. The van der Waals surface area contributed by atoms with Crippen LogP contribution in [0, 0.1) is 0 Å². The van der Waals surface area contributed by atoms with E-state index in [1.807, 2.05) is 11.3 Å². The second-order valence-electron chi connectivity index (χ2n) is 5.16. The van der Waals surface area contributed by atoms with Crippen LogP contribution in [0.25, 0.3) is 0 Å². The van der Waals surface area contributed by atoms with Gasteiger partial charge in [0.25, 0.3) is 0 Å². The van der Waals surface area contributed by atoms with E-state index in [4.69, 9.17) is 0 Å². The minimum Gasteiger partial charge on any atom is -0.309 e. The van der Waals surface area contributed by atoms with Crippen molar-refractivity contribution >= 4 is 11.3 Å². The number of aromatic nitrogens is 3. The third kappa shape index (κ3) is 3.04. The highest BCUT2D eigenvalue weighted by atomic mass is 32.1. The van der Waals surface area contributed by atoms with E-state index in [0.717, 1.165) is 18.8 Å². The summed E-state index contributed by atoms with van der Waals surface area (Å²) in [6, 6.07) is 2.84. The first-order valence-corrected chi connectivity index (χ1v) is 7.83. The van der Waals surface area contributed by atoms with Crippen LogP contribution in [0.1, 0.15) is 46.9 Å². The third-order valence-corrected chi connectivity index (χ3v) is 5.14. The van der Waals surface area contributed by atoms with Gasteiger partial charge in [0.15, 0.2) is 0 Å². The van der Waals surface area contributed by atoms with Gasteiger partial charge in [-0.2, -0.15) is 5.10 Å². The molecule has 0 amide bonds. The quantitative estimate of drug-likeness (QED) is 0.882. The molecule has 0 bridgehead atoms. The molecule has 1 aliphatic rings. The summed E-state index contributed by atoms with van der Waals surface area (Å²) in [4.78, 5) is 7.23. The number of hydrogen-bond acceptors (Lipinski definition) is 4. The lowest BCUT2D eigenvalue weighted by Gasteiger charge is -2.11. The fourth-order valence-electron chi connectivity index (χ4n) is 2.59. The van der Waals surface area contributed by atoms with Crippen molar-refractivity contribution in [2.75, 3.05) is 6.54 Å². The second kappa shape index (κ2) is 5.84. The van der Waals surface area contributed by atoms with Crippen molar-refractivity contribution in [1.29, 1.82) is 0 Å². The minimum absolute atomic E-state index is 0.429. The average molecular weight is 276 g/mol. The first-order valence-electron chi connectivity index (χ1n) is 7.02. The summed E-state index contributed by atoms with van der Waals surface area (Å²) in [6.07, 6.45) is 7.74. The Hall–Kier alpha value is -1.20. The van der Waals surface area contributed by atoms with Crippen LogP contribution in [-0.2, 0) is 19.3 Å². The number of aryl methyl sites for hydroxylation is 2. The number of thiophene rings is 1. The summed E-state index contributed by atoms with van der Waals surface area (Å²) in [7, 11) is 0. The molecule has 1 unspecified atom stereocenters. The van der Waals surface area contributed by atoms with E-state index < -0.39 is 0 Å². The fourth-order valence-corrected chi connectivity index (χ4v) is 3.87. The van der Waals surface area contributed by atoms with Crippen LogP contribution in [-0.4, -0.2) is 21.7 Å². The first-order chi connectivity index (χ1) is 9.33. The molecule has 2 aromatic heterocycles. The molecule has 2 N–H and O–H groups in total. The molecule has 0 aliphatic heterocycles. The van der Waals surface area contributed by atoms with Gasteiger partial charge in [-0.1, -0.05) is 0 Å². The highest BCUT2D eigenvalue weighted by Gasteiger charge is 2.16. The molecule has 4 nitrogen and oxygen atoms in total. The number of nitrogens with zero attached hydrogens (tertiary/aromatic N) is 2. The molecule has 3 rings (SSSR count). The van der Waals surface area contributed by atoms with Gasteiger partial charge in [-0.05, 0) is 44.2 Å². The van der Waals surface area contributed by atoms with Crippen molar-refractivity contribution in [2.45, 2.75) is 45.1 Å². The Morgan fingerprint density at radius 1 is 1.42 bits per heavy atom. The number of fused-ring (bicyclic) bond motifs is 1. The van der Waals surface area contributed by atoms with Gasteiger partial charge >= 0.3 is 0 Å². The molecule has 0 saturated heterocycles. The Morgan fingerprint density at radius 2 is 2.32 bits per heavy atom. The number of H-pyrrole nitrogens is 1. The van der Waals surface area contributed by atoms with Crippen molar-refractivity contribution < 1.29 is 0 Å². The van der Waals surface area contributed by atoms with Crippen LogP contribution in [0.2, 0.25) is 0 Å². The second-order valence-corrected chi connectivity index (χ2v) is 6.33. The average Bonchev–Trinajstić information content (AvgIpc) is 3.07. The standard InChI is InChI=1S/C14H20N4S/c1-10(15-7-6-14-16-9-17-18-14)13-8-11-4-2-3-5-12(11)19-13/h8-10,15H,2-7H2,1H3,(H,16,17,18). The van der Waals surface area contributed by atoms with Gasteiger partial charge < -0.3 is 5.32 Å². The van der Waals surface area contributed by atoms with Gasteiger partial charge in [0.1, 0.15) is 12.2 Å². The van der Waals surface area contributed by atoms with E-state index in [1.54, 1.807) is 16.8 Å². The minimum atomic E-state index is 0.429. The van der Waals surface area contributed by atoms with Gasteiger partial charge in [-0.3, -0.25) is 5.10 Å². The Morgan fingerprint density at radius 3 is 3.11 bits per heavy atom. The van der Waals surface area contributed by atoms with Crippen LogP contribution >= 0.6 is 11.3 Å².